The molecule has 0 fully saturated rings. The van der Waals surface area contributed by atoms with Crippen molar-refractivity contribution in [2.75, 3.05) is 0 Å². The number of aromatic amines is 1. The summed E-state index contributed by atoms with van der Waals surface area (Å²) in [6.07, 6.45) is 3.21. The van der Waals surface area contributed by atoms with Crippen LogP contribution in [0.15, 0.2) is 59.8 Å². The molecule has 5 nitrogen and oxygen atoms in total. The molecule has 3 rings (SSSR count). The van der Waals surface area contributed by atoms with Gasteiger partial charge in [-0.1, -0.05) is 36.4 Å². The minimum absolute atomic E-state index is 0.188. The van der Waals surface area contributed by atoms with Gasteiger partial charge in [0, 0.05) is 5.56 Å². The van der Waals surface area contributed by atoms with Crippen LogP contribution in [0.25, 0.3) is 11.3 Å². The molecule has 3 aromatic rings. The van der Waals surface area contributed by atoms with Crippen molar-refractivity contribution in [2.45, 2.75) is 0 Å². The van der Waals surface area contributed by atoms with Crippen LogP contribution in [0.3, 0.4) is 0 Å². The molecule has 0 radical (unpaired) electrons. The van der Waals surface area contributed by atoms with Gasteiger partial charge in [0.15, 0.2) is 16.3 Å². The van der Waals surface area contributed by atoms with Gasteiger partial charge >= 0.3 is 0 Å². The average molecular weight is 311 g/mol. The molecular formula is C16H13N3O2S. The van der Waals surface area contributed by atoms with Gasteiger partial charge in [0.05, 0.1) is 18.1 Å². The maximum Gasteiger partial charge on any atom is 0.198 e. The number of para-hydroxylation sites is 1. The molecule has 0 spiro atoms. The average Bonchev–Trinajstić information content (AvgIpc) is 2.91. The molecule has 110 valence electrons. The van der Waals surface area contributed by atoms with Crippen molar-refractivity contribution in [1.29, 1.82) is 0 Å². The third kappa shape index (κ3) is 2.77. The van der Waals surface area contributed by atoms with E-state index in [0.29, 0.717) is 10.3 Å². The Balaban J connectivity index is 1.94. The normalized spacial score (nSPS) is 11.1. The number of imidazole rings is 1. The molecule has 0 saturated heterocycles. The predicted octanol–water partition coefficient (Wildman–Crippen LogP) is 3.51. The van der Waals surface area contributed by atoms with Crippen molar-refractivity contribution < 1.29 is 10.2 Å². The van der Waals surface area contributed by atoms with E-state index in [2.05, 4.69) is 10.1 Å². The van der Waals surface area contributed by atoms with E-state index in [1.54, 1.807) is 18.3 Å². The van der Waals surface area contributed by atoms with Crippen LogP contribution >= 0.6 is 12.2 Å². The predicted molar refractivity (Wildman–Crippen MR) is 87.8 cm³/mol. The lowest BCUT2D eigenvalue weighted by molar-refractivity contribution is 0.403. The van der Waals surface area contributed by atoms with Crippen LogP contribution in [-0.4, -0.2) is 26.1 Å². The molecule has 22 heavy (non-hydrogen) atoms. The first-order valence-corrected chi connectivity index (χ1v) is 6.98. The summed E-state index contributed by atoms with van der Waals surface area (Å²) in [5.41, 5.74) is 2.26. The lowest BCUT2D eigenvalue weighted by Crippen LogP contribution is -1.89. The molecule has 0 atom stereocenters. The summed E-state index contributed by atoms with van der Waals surface area (Å²) in [6.45, 7) is 0. The third-order valence-electron chi connectivity index (χ3n) is 3.15. The van der Waals surface area contributed by atoms with Crippen LogP contribution in [-0.2, 0) is 0 Å². The van der Waals surface area contributed by atoms with E-state index in [1.165, 1.54) is 17.0 Å². The summed E-state index contributed by atoms with van der Waals surface area (Å²) in [4.78, 5) is 3.08. The molecular weight excluding hydrogens is 298 g/mol. The zero-order valence-corrected chi connectivity index (χ0v) is 12.3. The summed E-state index contributed by atoms with van der Waals surface area (Å²) < 4.78 is 1.94. The first kappa shape index (κ1) is 14.1. The molecule has 0 amide bonds. The van der Waals surface area contributed by atoms with E-state index in [1.807, 2.05) is 30.3 Å². The van der Waals surface area contributed by atoms with E-state index >= 15 is 0 Å². The number of aromatic nitrogens is 2. The Morgan fingerprint density at radius 1 is 1.05 bits per heavy atom. The number of aromatic hydroxyl groups is 2. The van der Waals surface area contributed by atoms with Gasteiger partial charge < -0.3 is 15.2 Å². The van der Waals surface area contributed by atoms with Gasteiger partial charge in [0.25, 0.3) is 0 Å². The van der Waals surface area contributed by atoms with Crippen molar-refractivity contribution in [2.24, 2.45) is 5.10 Å². The molecule has 0 unspecified atom stereocenters. The monoisotopic (exact) mass is 311 g/mol. The van der Waals surface area contributed by atoms with E-state index in [4.69, 9.17) is 12.2 Å². The Labute approximate surface area is 131 Å². The number of hydrogen-bond acceptors (Lipinski definition) is 4. The Kier molecular flexibility index (Phi) is 3.76. The van der Waals surface area contributed by atoms with Crippen molar-refractivity contribution in [3.05, 3.63) is 65.1 Å². The number of H-pyrrole nitrogens is 1. The number of nitrogens with zero attached hydrogens (tertiary/aromatic N) is 2. The maximum atomic E-state index is 9.74. The number of phenolic OH excluding ortho intramolecular Hbond substituents is 2. The van der Waals surface area contributed by atoms with E-state index in [0.717, 1.165) is 11.3 Å². The fourth-order valence-corrected chi connectivity index (χ4v) is 2.22. The molecule has 0 aliphatic carbocycles. The second-order valence-corrected chi connectivity index (χ2v) is 5.03. The Morgan fingerprint density at radius 3 is 2.59 bits per heavy atom. The minimum Gasteiger partial charge on any atom is -0.504 e. The van der Waals surface area contributed by atoms with Crippen molar-refractivity contribution in [3.8, 4) is 22.8 Å². The van der Waals surface area contributed by atoms with Crippen LogP contribution in [0.4, 0.5) is 0 Å². The highest BCUT2D eigenvalue weighted by atomic mass is 32.1. The fourth-order valence-electron chi connectivity index (χ4n) is 2.01. The molecule has 6 heteroatoms. The Bertz CT molecular complexity index is 882. The minimum atomic E-state index is -0.211. The SMILES string of the molecule is Oc1cccc(C=Nn2cc(-c3ccccc3)[nH]c2=S)c1O. The highest BCUT2D eigenvalue weighted by molar-refractivity contribution is 7.71. The van der Waals surface area contributed by atoms with Crippen molar-refractivity contribution in [1.82, 2.24) is 9.66 Å². The largest absolute Gasteiger partial charge is 0.504 e. The molecule has 2 aromatic carbocycles. The number of nitrogens with one attached hydrogen (secondary N) is 1. The summed E-state index contributed by atoms with van der Waals surface area (Å²) in [5, 5.41) is 23.4. The van der Waals surface area contributed by atoms with Gasteiger partial charge in [-0.15, -0.1) is 0 Å². The summed E-state index contributed by atoms with van der Waals surface area (Å²) >= 11 is 5.23. The summed E-state index contributed by atoms with van der Waals surface area (Å²) in [6, 6.07) is 14.4. The Hall–Kier alpha value is -2.86. The van der Waals surface area contributed by atoms with E-state index < -0.39 is 0 Å². The van der Waals surface area contributed by atoms with Crippen LogP contribution < -0.4 is 0 Å². The smallest absolute Gasteiger partial charge is 0.198 e. The first-order valence-electron chi connectivity index (χ1n) is 6.57. The van der Waals surface area contributed by atoms with Gasteiger partial charge in [-0.25, -0.2) is 4.68 Å². The quantitative estimate of drug-likeness (QED) is 0.394. The molecule has 3 N–H and O–H groups in total. The van der Waals surface area contributed by atoms with Crippen LogP contribution in [0.2, 0.25) is 0 Å². The molecule has 0 saturated carbocycles. The highest BCUT2D eigenvalue weighted by Gasteiger charge is 2.04. The summed E-state index contributed by atoms with van der Waals surface area (Å²) in [5.74, 6) is -0.400. The van der Waals surface area contributed by atoms with Crippen LogP contribution in [0.1, 0.15) is 5.56 Å². The maximum absolute atomic E-state index is 9.74. The molecule has 0 aliphatic rings. The van der Waals surface area contributed by atoms with Gasteiger partial charge in [0.2, 0.25) is 0 Å². The zero-order valence-electron chi connectivity index (χ0n) is 11.5. The van der Waals surface area contributed by atoms with Crippen molar-refractivity contribution >= 4 is 18.4 Å². The molecule has 0 bridgehead atoms. The van der Waals surface area contributed by atoms with Gasteiger partial charge in [0.1, 0.15) is 0 Å². The fraction of sp³-hybridized carbons (Fsp3) is 0. The number of benzene rings is 2. The molecule has 1 heterocycles. The van der Waals surface area contributed by atoms with E-state index in [9.17, 15) is 10.2 Å². The highest BCUT2D eigenvalue weighted by Crippen LogP contribution is 2.26. The van der Waals surface area contributed by atoms with Gasteiger partial charge in [-0.2, -0.15) is 5.10 Å². The van der Waals surface area contributed by atoms with Crippen LogP contribution in [0.5, 0.6) is 11.5 Å². The van der Waals surface area contributed by atoms with Crippen molar-refractivity contribution in [3.63, 3.8) is 0 Å². The van der Waals surface area contributed by atoms with Crippen LogP contribution in [0, 0.1) is 4.77 Å². The second kappa shape index (κ2) is 5.87. The van der Waals surface area contributed by atoms with Gasteiger partial charge in [-0.05, 0) is 29.9 Å². The number of phenols is 2. The van der Waals surface area contributed by atoms with E-state index in [-0.39, 0.29) is 11.5 Å². The third-order valence-corrected chi connectivity index (χ3v) is 3.44. The zero-order chi connectivity index (χ0) is 15.5. The summed E-state index contributed by atoms with van der Waals surface area (Å²) in [7, 11) is 0. The Morgan fingerprint density at radius 2 is 1.82 bits per heavy atom. The topological polar surface area (TPSA) is 73.5 Å². The first-order chi connectivity index (χ1) is 10.6. The number of rotatable bonds is 3. The standard InChI is InChI=1S/C16H13N3O2S/c20-14-8-4-7-12(15(14)21)9-17-19-10-13(18-16(19)22)11-5-2-1-3-6-11/h1-10,20-21H,(H,18,22). The number of hydrogen-bond donors (Lipinski definition) is 3. The second-order valence-electron chi connectivity index (χ2n) is 4.64. The van der Waals surface area contributed by atoms with Gasteiger partial charge in [-0.3, -0.25) is 0 Å². The molecule has 0 aliphatic heterocycles. The lowest BCUT2D eigenvalue weighted by atomic mass is 10.2. The lowest BCUT2D eigenvalue weighted by Gasteiger charge is -2.00. The molecule has 1 aromatic heterocycles.